The fourth-order valence-electron chi connectivity index (χ4n) is 1.66. The lowest BCUT2D eigenvalue weighted by atomic mass is 10.2. The SMILES string of the molecule is CCCNCc1cc(Br)ccc1Sc1ncnn1C. The molecule has 0 saturated heterocycles. The van der Waals surface area contributed by atoms with Crippen molar-refractivity contribution in [1.29, 1.82) is 0 Å². The van der Waals surface area contributed by atoms with E-state index in [9.17, 15) is 0 Å². The van der Waals surface area contributed by atoms with Gasteiger partial charge in [0.25, 0.3) is 0 Å². The molecule has 6 heteroatoms. The summed E-state index contributed by atoms with van der Waals surface area (Å²) in [6, 6.07) is 6.33. The Balaban J connectivity index is 2.16. The molecule has 0 saturated carbocycles. The lowest BCUT2D eigenvalue weighted by molar-refractivity contribution is 0.667. The zero-order valence-corrected chi connectivity index (χ0v) is 13.5. The first kappa shape index (κ1) is 14.6. The van der Waals surface area contributed by atoms with Crippen LogP contribution in [0.1, 0.15) is 18.9 Å². The largest absolute Gasteiger partial charge is 0.313 e. The van der Waals surface area contributed by atoms with Gasteiger partial charge in [0.15, 0.2) is 5.16 Å². The Morgan fingerprint density at radius 3 is 2.95 bits per heavy atom. The highest BCUT2D eigenvalue weighted by Gasteiger charge is 2.08. The molecule has 0 fully saturated rings. The van der Waals surface area contributed by atoms with Crippen LogP contribution in [0, 0.1) is 0 Å². The molecule has 0 spiro atoms. The molecule has 4 nitrogen and oxygen atoms in total. The maximum absolute atomic E-state index is 4.25. The van der Waals surface area contributed by atoms with Gasteiger partial charge in [-0.2, -0.15) is 5.10 Å². The molecule has 0 aliphatic carbocycles. The van der Waals surface area contributed by atoms with E-state index < -0.39 is 0 Å². The molecule has 0 amide bonds. The van der Waals surface area contributed by atoms with E-state index in [1.807, 2.05) is 7.05 Å². The minimum Gasteiger partial charge on any atom is -0.313 e. The summed E-state index contributed by atoms with van der Waals surface area (Å²) in [4.78, 5) is 5.46. The van der Waals surface area contributed by atoms with Gasteiger partial charge in [0.1, 0.15) is 6.33 Å². The summed E-state index contributed by atoms with van der Waals surface area (Å²) >= 11 is 5.17. The Kier molecular flexibility index (Phi) is 5.42. The van der Waals surface area contributed by atoms with Gasteiger partial charge in [-0.15, -0.1) is 0 Å². The van der Waals surface area contributed by atoms with Crippen molar-refractivity contribution in [1.82, 2.24) is 20.1 Å². The molecule has 0 radical (unpaired) electrons. The van der Waals surface area contributed by atoms with Gasteiger partial charge in [0.2, 0.25) is 0 Å². The fourth-order valence-corrected chi connectivity index (χ4v) is 2.94. The van der Waals surface area contributed by atoms with Crippen LogP contribution in [0.3, 0.4) is 0 Å². The van der Waals surface area contributed by atoms with E-state index in [2.05, 4.69) is 56.5 Å². The second-order valence-corrected chi connectivity index (χ2v) is 6.12. The van der Waals surface area contributed by atoms with E-state index >= 15 is 0 Å². The van der Waals surface area contributed by atoms with Crippen LogP contribution in [-0.4, -0.2) is 21.3 Å². The normalized spacial score (nSPS) is 10.9. The molecule has 2 aromatic rings. The van der Waals surface area contributed by atoms with E-state index in [4.69, 9.17) is 0 Å². The summed E-state index contributed by atoms with van der Waals surface area (Å²) in [5.74, 6) is 0. The maximum atomic E-state index is 4.25. The van der Waals surface area contributed by atoms with Crippen molar-refractivity contribution in [2.24, 2.45) is 7.05 Å². The van der Waals surface area contributed by atoms with Gasteiger partial charge in [-0.1, -0.05) is 22.9 Å². The predicted octanol–water partition coefficient (Wildman–Crippen LogP) is 3.23. The summed E-state index contributed by atoms with van der Waals surface area (Å²) in [6.45, 7) is 4.07. The van der Waals surface area contributed by atoms with Crippen LogP contribution in [0.25, 0.3) is 0 Å². The summed E-state index contributed by atoms with van der Waals surface area (Å²) in [6.07, 6.45) is 2.72. The van der Waals surface area contributed by atoms with Gasteiger partial charge in [-0.3, -0.25) is 0 Å². The van der Waals surface area contributed by atoms with Crippen molar-refractivity contribution in [3.63, 3.8) is 0 Å². The molecule has 2 rings (SSSR count). The van der Waals surface area contributed by atoms with Gasteiger partial charge in [-0.25, -0.2) is 9.67 Å². The van der Waals surface area contributed by atoms with Crippen LogP contribution in [0.5, 0.6) is 0 Å². The Morgan fingerprint density at radius 1 is 1.42 bits per heavy atom. The third kappa shape index (κ3) is 4.06. The van der Waals surface area contributed by atoms with Gasteiger partial charge in [-0.05, 0) is 48.5 Å². The smallest absolute Gasteiger partial charge is 0.190 e. The summed E-state index contributed by atoms with van der Waals surface area (Å²) in [5, 5.41) is 8.43. The fraction of sp³-hybridized carbons (Fsp3) is 0.385. The quantitative estimate of drug-likeness (QED) is 0.820. The Labute approximate surface area is 126 Å². The number of hydrogen-bond donors (Lipinski definition) is 1. The van der Waals surface area contributed by atoms with Crippen molar-refractivity contribution >= 4 is 27.7 Å². The highest BCUT2D eigenvalue weighted by Crippen LogP contribution is 2.30. The lowest BCUT2D eigenvalue weighted by Gasteiger charge is -2.10. The van der Waals surface area contributed by atoms with Gasteiger partial charge in [0, 0.05) is 23.0 Å². The monoisotopic (exact) mass is 340 g/mol. The van der Waals surface area contributed by atoms with Crippen LogP contribution in [0.4, 0.5) is 0 Å². The number of aromatic nitrogens is 3. The first-order chi connectivity index (χ1) is 9.20. The molecular weight excluding hydrogens is 324 g/mol. The number of aryl methyl sites for hydroxylation is 1. The Bertz CT molecular complexity index is 541. The maximum Gasteiger partial charge on any atom is 0.190 e. The summed E-state index contributed by atoms with van der Waals surface area (Å²) in [5.41, 5.74) is 1.27. The average Bonchev–Trinajstić information content (AvgIpc) is 2.78. The Hall–Kier alpha value is -0.850. The van der Waals surface area contributed by atoms with Crippen LogP contribution < -0.4 is 5.32 Å². The molecule has 102 valence electrons. The van der Waals surface area contributed by atoms with Crippen LogP contribution in [-0.2, 0) is 13.6 Å². The zero-order chi connectivity index (χ0) is 13.7. The van der Waals surface area contributed by atoms with Crippen LogP contribution in [0.15, 0.2) is 39.1 Å². The average molecular weight is 341 g/mol. The van der Waals surface area contributed by atoms with E-state index in [1.54, 1.807) is 22.8 Å². The first-order valence-corrected chi connectivity index (χ1v) is 7.82. The molecule has 0 aliphatic rings. The Morgan fingerprint density at radius 2 is 2.26 bits per heavy atom. The van der Waals surface area contributed by atoms with Crippen molar-refractivity contribution < 1.29 is 0 Å². The van der Waals surface area contributed by atoms with Crippen molar-refractivity contribution in [2.45, 2.75) is 29.9 Å². The third-order valence-corrected chi connectivity index (χ3v) is 4.30. The van der Waals surface area contributed by atoms with Crippen LogP contribution >= 0.6 is 27.7 Å². The van der Waals surface area contributed by atoms with Crippen molar-refractivity contribution in [3.8, 4) is 0 Å². The second kappa shape index (κ2) is 7.07. The summed E-state index contributed by atoms with van der Waals surface area (Å²) in [7, 11) is 1.91. The molecule has 0 unspecified atom stereocenters. The zero-order valence-electron chi connectivity index (χ0n) is 11.1. The van der Waals surface area contributed by atoms with E-state index in [-0.39, 0.29) is 0 Å². The number of rotatable bonds is 6. The first-order valence-electron chi connectivity index (χ1n) is 6.21. The highest BCUT2D eigenvalue weighted by atomic mass is 79.9. The van der Waals surface area contributed by atoms with Gasteiger partial charge < -0.3 is 5.32 Å². The van der Waals surface area contributed by atoms with Gasteiger partial charge >= 0.3 is 0 Å². The molecule has 1 aromatic heterocycles. The third-order valence-electron chi connectivity index (χ3n) is 2.64. The summed E-state index contributed by atoms with van der Waals surface area (Å²) < 4.78 is 2.89. The van der Waals surface area contributed by atoms with E-state index in [0.29, 0.717) is 0 Å². The molecule has 1 heterocycles. The number of benzene rings is 1. The minimum absolute atomic E-state index is 0.869. The number of nitrogens with zero attached hydrogens (tertiary/aromatic N) is 3. The molecule has 0 bridgehead atoms. The number of hydrogen-bond acceptors (Lipinski definition) is 4. The molecule has 0 aliphatic heterocycles. The molecule has 1 N–H and O–H groups in total. The van der Waals surface area contributed by atoms with E-state index in [0.717, 1.165) is 29.1 Å². The highest BCUT2D eigenvalue weighted by molar-refractivity contribution is 9.10. The van der Waals surface area contributed by atoms with Gasteiger partial charge in [0.05, 0.1) is 0 Å². The minimum atomic E-state index is 0.869. The number of nitrogens with one attached hydrogen (secondary N) is 1. The molecule has 19 heavy (non-hydrogen) atoms. The standard InChI is InChI=1S/C13H17BrN4S/c1-3-6-15-8-10-7-11(14)4-5-12(10)19-13-16-9-17-18(13)2/h4-5,7,9,15H,3,6,8H2,1-2H3. The van der Waals surface area contributed by atoms with Crippen LogP contribution in [0.2, 0.25) is 0 Å². The lowest BCUT2D eigenvalue weighted by Crippen LogP contribution is -2.14. The molecular formula is C13H17BrN4S. The molecule has 0 atom stereocenters. The second-order valence-electron chi connectivity index (χ2n) is 4.20. The van der Waals surface area contributed by atoms with E-state index in [1.165, 1.54) is 10.5 Å². The topological polar surface area (TPSA) is 42.7 Å². The van der Waals surface area contributed by atoms with Crippen molar-refractivity contribution in [3.05, 3.63) is 34.6 Å². The number of halogens is 1. The molecule has 1 aromatic carbocycles. The van der Waals surface area contributed by atoms with Crippen molar-refractivity contribution in [2.75, 3.05) is 6.54 Å². The predicted molar refractivity (Wildman–Crippen MR) is 81.3 cm³/mol.